The van der Waals surface area contributed by atoms with E-state index in [1.54, 1.807) is 0 Å². The molecule has 0 aliphatic rings. The van der Waals surface area contributed by atoms with Crippen molar-refractivity contribution in [2.75, 3.05) is 0 Å². The van der Waals surface area contributed by atoms with Gasteiger partial charge in [-0.2, -0.15) is 0 Å². The number of nitrogens with zero attached hydrogens (tertiary/aromatic N) is 2. The maximum atomic E-state index is 2.22. The highest BCUT2D eigenvalue weighted by Crippen LogP contribution is 2.16. The zero-order valence-corrected chi connectivity index (χ0v) is 15.9. The Hall–Kier alpha value is -3.52. The van der Waals surface area contributed by atoms with Crippen LogP contribution in [0.1, 0.15) is 0 Å². The van der Waals surface area contributed by atoms with E-state index >= 15 is 0 Å². The molecule has 0 unspecified atom stereocenters. The van der Waals surface area contributed by atoms with Crippen molar-refractivity contribution >= 4 is 0 Å². The van der Waals surface area contributed by atoms with Crippen LogP contribution in [0.4, 0.5) is 0 Å². The first kappa shape index (κ1) is 17.9. The number of pyridine rings is 2. The Morgan fingerprint density at radius 1 is 0.464 bits per heavy atom. The van der Waals surface area contributed by atoms with Crippen LogP contribution >= 0.6 is 0 Å². The molecule has 2 aromatic carbocycles. The minimum absolute atomic E-state index is 0.861. The predicted octanol–water partition coefficient (Wildman–Crippen LogP) is 4.85. The topological polar surface area (TPSA) is 7.76 Å². The smallest absolute Gasteiger partial charge is 0.176 e. The van der Waals surface area contributed by atoms with Gasteiger partial charge in [0.05, 0.1) is 0 Å². The van der Waals surface area contributed by atoms with Crippen molar-refractivity contribution in [3.05, 3.63) is 122 Å². The van der Waals surface area contributed by atoms with Crippen molar-refractivity contribution in [3.63, 3.8) is 0 Å². The van der Waals surface area contributed by atoms with Crippen LogP contribution in [0.3, 0.4) is 0 Å². The van der Waals surface area contributed by atoms with Crippen molar-refractivity contribution in [1.82, 2.24) is 0 Å². The van der Waals surface area contributed by atoms with Gasteiger partial charge >= 0.3 is 0 Å². The van der Waals surface area contributed by atoms with E-state index in [2.05, 4.69) is 119 Å². The Morgan fingerprint density at radius 2 is 0.857 bits per heavy atom. The standard InChI is InChI=1S/C26H24N2/c1-3-11-23(12-4-1)25-15-9-19-27(21-25)17-7-8-18-28-20-10-16-26(22-28)24-13-5-2-6-14-24/h1-16,19-22H,17-18H2/q+2. The lowest BCUT2D eigenvalue weighted by Gasteiger charge is -2.00. The van der Waals surface area contributed by atoms with Gasteiger partial charge in [-0.1, -0.05) is 60.7 Å². The molecule has 0 radical (unpaired) electrons. The number of benzene rings is 2. The first-order valence-electron chi connectivity index (χ1n) is 9.62. The van der Waals surface area contributed by atoms with Crippen molar-refractivity contribution in [3.8, 4) is 22.3 Å². The van der Waals surface area contributed by atoms with E-state index in [4.69, 9.17) is 0 Å². The predicted molar refractivity (Wildman–Crippen MR) is 113 cm³/mol. The highest BCUT2D eigenvalue weighted by Gasteiger charge is 2.04. The van der Waals surface area contributed by atoms with Gasteiger partial charge in [-0.15, -0.1) is 0 Å². The molecule has 2 nitrogen and oxygen atoms in total. The first-order valence-corrected chi connectivity index (χ1v) is 9.62. The van der Waals surface area contributed by atoms with E-state index in [-0.39, 0.29) is 0 Å². The molecule has 0 aliphatic carbocycles. The lowest BCUT2D eigenvalue weighted by Crippen LogP contribution is -2.33. The maximum absolute atomic E-state index is 2.22. The third kappa shape index (κ3) is 4.60. The lowest BCUT2D eigenvalue weighted by atomic mass is 10.1. The normalized spacial score (nSPS) is 11.0. The molecule has 0 N–H and O–H groups in total. The molecule has 0 atom stereocenters. The summed E-state index contributed by atoms with van der Waals surface area (Å²) in [4.78, 5) is 0. The van der Waals surface area contributed by atoms with E-state index in [0.29, 0.717) is 0 Å². The number of aromatic nitrogens is 2. The molecule has 0 saturated heterocycles. The Bertz CT molecular complexity index is 967. The van der Waals surface area contributed by atoms with E-state index < -0.39 is 0 Å². The number of rotatable bonds is 6. The Morgan fingerprint density at radius 3 is 1.29 bits per heavy atom. The minimum Gasteiger partial charge on any atom is -0.201 e. The summed E-state index contributed by atoms with van der Waals surface area (Å²) in [5.41, 5.74) is 4.96. The van der Waals surface area contributed by atoms with E-state index in [9.17, 15) is 0 Å². The summed E-state index contributed by atoms with van der Waals surface area (Å²) in [6.07, 6.45) is 13.1. The molecule has 0 amide bonds. The van der Waals surface area contributed by atoms with Crippen molar-refractivity contribution in [1.29, 1.82) is 0 Å². The van der Waals surface area contributed by atoms with Gasteiger partial charge in [0, 0.05) is 23.3 Å². The zero-order chi connectivity index (χ0) is 19.0. The summed E-state index contributed by atoms with van der Waals surface area (Å²) >= 11 is 0. The second-order valence-electron chi connectivity index (χ2n) is 6.78. The summed E-state index contributed by atoms with van der Waals surface area (Å²) in [6.45, 7) is 1.72. The van der Waals surface area contributed by atoms with E-state index in [1.807, 2.05) is 12.1 Å². The molecule has 0 spiro atoms. The van der Waals surface area contributed by atoms with Crippen LogP contribution in [-0.2, 0) is 13.1 Å². The van der Waals surface area contributed by atoms with Gasteiger partial charge in [-0.3, -0.25) is 0 Å². The van der Waals surface area contributed by atoms with Crippen LogP contribution < -0.4 is 9.13 Å². The van der Waals surface area contributed by atoms with E-state index in [0.717, 1.165) is 13.1 Å². The molecule has 0 saturated carbocycles. The molecule has 28 heavy (non-hydrogen) atoms. The third-order valence-electron chi connectivity index (χ3n) is 4.73. The van der Waals surface area contributed by atoms with Crippen molar-refractivity contribution in [2.45, 2.75) is 13.1 Å². The van der Waals surface area contributed by atoms with Gasteiger partial charge in [0.15, 0.2) is 37.9 Å². The number of allylic oxidation sites excluding steroid dienone is 2. The molecule has 2 aromatic heterocycles. The fourth-order valence-electron chi connectivity index (χ4n) is 3.27. The second-order valence-corrected chi connectivity index (χ2v) is 6.78. The van der Waals surface area contributed by atoms with E-state index in [1.165, 1.54) is 22.3 Å². The van der Waals surface area contributed by atoms with Gasteiger partial charge in [0.2, 0.25) is 0 Å². The van der Waals surface area contributed by atoms with Gasteiger partial charge < -0.3 is 0 Å². The molecule has 136 valence electrons. The first-order chi connectivity index (χ1) is 13.9. The highest BCUT2D eigenvalue weighted by molar-refractivity contribution is 5.61. The van der Waals surface area contributed by atoms with Gasteiger partial charge in [-0.25, -0.2) is 9.13 Å². The Labute approximate surface area is 166 Å². The van der Waals surface area contributed by atoms with Crippen LogP contribution in [-0.4, -0.2) is 0 Å². The number of hydrogen-bond acceptors (Lipinski definition) is 0. The summed E-state index contributed by atoms with van der Waals surface area (Å²) in [6, 6.07) is 29.5. The Kier molecular flexibility index (Phi) is 5.69. The van der Waals surface area contributed by atoms with Crippen LogP contribution in [0.5, 0.6) is 0 Å². The average molecular weight is 364 g/mol. The van der Waals surface area contributed by atoms with Crippen LogP contribution in [0.15, 0.2) is 122 Å². The fraction of sp³-hybridized carbons (Fsp3) is 0.0769. The summed E-state index contributed by atoms with van der Waals surface area (Å²) in [5.74, 6) is 0. The molecule has 2 heterocycles. The van der Waals surface area contributed by atoms with Crippen LogP contribution in [0.25, 0.3) is 22.3 Å². The SMILES string of the molecule is C(=CC[n+]1cccc(-c2ccccc2)c1)C[n+]1cccc(-c2ccccc2)c1. The van der Waals surface area contributed by atoms with Gasteiger partial charge in [0.25, 0.3) is 0 Å². The van der Waals surface area contributed by atoms with Crippen LogP contribution in [0, 0.1) is 0 Å². The van der Waals surface area contributed by atoms with Crippen LogP contribution in [0.2, 0.25) is 0 Å². The van der Waals surface area contributed by atoms with Crippen molar-refractivity contribution < 1.29 is 9.13 Å². The fourth-order valence-corrected chi connectivity index (χ4v) is 3.27. The average Bonchev–Trinajstić information content (AvgIpc) is 2.78. The van der Waals surface area contributed by atoms with Gasteiger partial charge in [-0.05, 0) is 35.4 Å². The molecule has 0 bridgehead atoms. The largest absolute Gasteiger partial charge is 0.201 e. The molecular formula is C26H24N2+2. The second kappa shape index (κ2) is 8.92. The highest BCUT2D eigenvalue weighted by atomic mass is 14.9. The monoisotopic (exact) mass is 364 g/mol. The zero-order valence-electron chi connectivity index (χ0n) is 15.9. The van der Waals surface area contributed by atoms with Crippen molar-refractivity contribution in [2.24, 2.45) is 0 Å². The minimum atomic E-state index is 0.861. The molecule has 2 heteroatoms. The lowest BCUT2D eigenvalue weighted by molar-refractivity contribution is -0.690. The molecule has 0 fully saturated rings. The molecule has 0 aliphatic heterocycles. The summed E-state index contributed by atoms with van der Waals surface area (Å²) < 4.78 is 4.42. The number of hydrogen-bond donors (Lipinski definition) is 0. The quantitative estimate of drug-likeness (QED) is 0.341. The summed E-state index contributed by atoms with van der Waals surface area (Å²) in [5, 5.41) is 0. The molecular weight excluding hydrogens is 340 g/mol. The molecule has 4 rings (SSSR count). The maximum Gasteiger partial charge on any atom is 0.176 e. The molecule has 4 aromatic rings. The third-order valence-corrected chi connectivity index (χ3v) is 4.73. The van der Waals surface area contributed by atoms with Gasteiger partial charge in [0.1, 0.15) is 0 Å². The summed E-state index contributed by atoms with van der Waals surface area (Å²) in [7, 11) is 0. The Balaban J connectivity index is 1.40.